The molecule has 0 N–H and O–H groups in total. The molecule has 0 unspecified atom stereocenters. The molecule has 0 radical (unpaired) electrons. The van der Waals surface area contributed by atoms with Gasteiger partial charge in [-0.25, -0.2) is 9.97 Å². The topological polar surface area (TPSA) is 49.3 Å². The smallest absolute Gasteiger partial charge is 0.223 e. The molecule has 0 aliphatic carbocycles. The number of rotatable bonds is 4. The van der Waals surface area contributed by atoms with E-state index in [9.17, 15) is 4.79 Å². The van der Waals surface area contributed by atoms with Gasteiger partial charge in [0.25, 0.3) is 0 Å². The second kappa shape index (κ2) is 8.17. The summed E-state index contributed by atoms with van der Waals surface area (Å²) in [6.45, 7) is 2.52. The molecule has 2 aliphatic rings. The Morgan fingerprint density at radius 1 is 1.19 bits per heavy atom. The number of aryl methyl sites for hydroxylation is 1. The standard InChI is InChI=1S/C22H28N4O/c1-25-13-6-5-9-20(25)22-23-15-18-16-26(14-12-19(18)24-22)21(27)11-10-17-7-3-2-4-8-17/h2-4,7-8,15,20H,5-6,9-14,16H2,1H3/t20-/m1/s1. The van der Waals surface area contributed by atoms with Crippen molar-refractivity contribution in [3.05, 3.63) is 59.2 Å². The van der Waals surface area contributed by atoms with Crippen LogP contribution >= 0.6 is 0 Å². The van der Waals surface area contributed by atoms with Crippen LogP contribution in [0.4, 0.5) is 0 Å². The zero-order valence-electron chi connectivity index (χ0n) is 16.1. The second-order valence-electron chi connectivity index (χ2n) is 7.74. The molecule has 27 heavy (non-hydrogen) atoms. The van der Waals surface area contributed by atoms with E-state index < -0.39 is 0 Å². The minimum absolute atomic E-state index is 0.223. The lowest BCUT2D eigenvalue weighted by atomic mass is 10.0. The van der Waals surface area contributed by atoms with Gasteiger partial charge in [0.1, 0.15) is 5.82 Å². The van der Waals surface area contributed by atoms with E-state index in [0.717, 1.165) is 49.4 Å². The van der Waals surface area contributed by atoms with Crippen molar-refractivity contribution in [2.45, 2.75) is 51.1 Å². The summed E-state index contributed by atoms with van der Waals surface area (Å²) in [5, 5.41) is 0. The van der Waals surface area contributed by atoms with Gasteiger partial charge in [-0.15, -0.1) is 0 Å². The number of carbonyl (C=O) groups is 1. The molecule has 5 nitrogen and oxygen atoms in total. The minimum Gasteiger partial charge on any atom is -0.338 e. The molecule has 2 aliphatic heterocycles. The van der Waals surface area contributed by atoms with Crippen molar-refractivity contribution in [1.29, 1.82) is 0 Å². The maximum absolute atomic E-state index is 12.6. The first-order chi connectivity index (χ1) is 13.2. The van der Waals surface area contributed by atoms with E-state index in [2.05, 4.69) is 29.1 Å². The van der Waals surface area contributed by atoms with Gasteiger partial charge in [0.15, 0.2) is 0 Å². The van der Waals surface area contributed by atoms with E-state index >= 15 is 0 Å². The normalized spacial score (nSPS) is 20.3. The summed E-state index contributed by atoms with van der Waals surface area (Å²) in [6, 6.07) is 10.6. The molecule has 1 aromatic carbocycles. The number of nitrogens with zero attached hydrogens (tertiary/aromatic N) is 4. The lowest BCUT2D eigenvalue weighted by Crippen LogP contribution is -2.37. The lowest BCUT2D eigenvalue weighted by Gasteiger charge is -2.33. The van der Waals surface area contributed by atoms with E-state index in [0.29, 0.717) is 19.0 Å². The molecule has 1 fully saturated rings. The summed E-state index contributed by atoms with van der Waals surface area (Å²) in [5.74, 6) is 1.18. The third-order valence-corrected chi connectivity index (χ3v) is 5.84. The average molecular weight is 364 g/mol. The highest BCUT2D eigenvalue weighted by Crippen LogP contribution is 2.28. The zero-order valence-corrected chi connectivity index (χ0v) is 16.1. The largest absolute Gasteiger partial charge is 0.338 e. The van der Waals surface area contributed by atoms with Crippen LogP contribution in [0.2, 0.25) is 0 Å². The second-order valence-corrected chi connectivity index (χ2v) is 7.74. The van der Waals surface area contributed by atoms with Gasteiger partial charge in [-0.1, -0.05) is 36.8 Å². The van der Waals surface area contributed by atoms with Crippen molar-refractivity contribution in [2.24, 2.45) is 0 Å². The monoisotopic (exact) mass is 364 g/mol. The molecule has 3 heterocycles. The molecule has 5 heteroatoms. The summed E-state index contributed by atoms with van der Waals surface area (Å²) in [4.78, 5) is 26.5. The van der Waals surface area contributed by atoms with Gasteiger partial charge in [0.05, 0.1) is 11.7 Å². The number of fused-ring (bicyclic) bond motifs is 1. The van der Waals surface area contributed by atoms with E-state index in [1.807, 2.05) is 29.3 Å². The number of likely N-dealkylation sites (tertiary alicyclic amines) is 1. The highest BCUT2D eigenvalue weighted by atomic mass is 16.2. The molecule has 1 aromatic heterocycles. The quantitative estimate of drug-likeness (QED) is 0.836. The van der Waals surface area contributed by atoms with E-state index in [1.165, 1.54) is 18.4 Å². The first kappa shape index (κ1) is 18.1. The van der Waals surface area contributed by atoms with Crippen molar-refractivity contribution in [2.75, 3.05) is 20.1 Å². The Bertz CT molecular complexity index is 792. The number of benzene rings is 1. The fraction of sp³-hybridized carbons (Fsp3) is 0.500. The average Bonchev–Trinajstić information content (AvgIpc) is 2.72. The first-order valence-electron chi connectivity index (χ1n) is 10.1. The van der Waals surface area contributed by atoms with Crippen LogP contribution in [0.5, 0.6) is 0 Å². The van der Waals surface area contributed by atoms with Crippen molar-refractivity contribution in [1.82, 2.24) is 19.8 Å². The number of aromatic nitrogens is 2. The minimum atomic E-state index is 0.223. The molecule has 0 bridgehead atoms. The number of hydrogen-bond acceptors (Lipinski definition) is 4. The Labute approximate surface area is 161 Å². The summed E-state index contributed by atoms with van der Waals surface area (Å²) in [7, 11) is 2.17. The highest BCUT2D eigenvalue weighted by Gasteiger charge is 2.26. The number of piperidine rings is 1. The van der Waals surface area contributed by atoms with Crippen LogP contribution in [0.25, 0.3) is 0 Å². The maximum Gasteiger partial charge on any atom is 0.223 e. The third kappa shape index (κ3) is 4.19. The molecular weight excluding hydrogens is 336 g/mol. The lowest BCUT2D eigenvalue weighted by molar-refractivity contribution is -0.132. The Balaban J connectivity index is 1.39. The van der Waals surface area contributed by atoms with Crippen LogP contribution in [0.3, 0.4) is 0 Å². The van der Waals surface area contributed by atoms with Gasteiger partial charge in [0, 0.05) is 37.7 Å². The van der Waals surface area contributed by atoms with Gasteiger partial charge in [0.2, 0.25) is 5.91 Å². The van der Waals surface area contributed by atoms with Crippen molar-refractivity contribution < 1.29 is 4.79 Å². The van der Waals surface area contributed by atoms with Crippen LogP contribution in [0.1, 0.15) is 54.4 Å². The van der Waals surface area contributed by atoms with E-state index in [-0.39, 0.29) is 5.91 Å². The SMILES string of the molecule is CN1CCCC[C@@H]1c1ncc2c(n1)CCN(C(=O)CCc1ccccc1)C2. The molecular formula is C22H28N4O. The molecule has 0 saturated carbocycles. The summed E-state index contributed by atoms with van der Waals surface area (Å²) in [5.41, 5.74) is 3.45. The molecule has 0 spiro atoms. The molecule has 4 rings (SSSR count). The molecule has 1 atom stereocenters. The van der Waals surface area contributed by atoms with Gasteiger partial charge >= 0.3 is 0 Å². The van der Waals surface area contributed by atoms with Crippen LogP contribution in [0.15, 0.2) is 36.5 Å². The van der Waals surface area contributed by atoms with Crippen LogP contribution in [-0.4, -0.2) is 45.8 Å². The molecule has 1 amide bonds. The summed E-state index contributed by atoms with van der Waals surface area (Å²) in [6.07, 6.45) is 7.79. The zero-order chi connectivity index (χ0) is 18.6. The van der Waals surface area contributed by atoms with Crippen LogP contribution in [-0.2, 0) is 24.2 Å². The Kier molecular flexibility index (Phi) is 5.48. The van der Waals surface area contributed by atoms with Gasteiger partial charge in [-0.05, 0) is 38.4 Å². The molecule has 1 saturated heterocycles. The Morgan fingerprint density at radius 3 is 2.85 bits per heavy atom. The number of carbonyl (C=O) groups excluding carboxylic acids is 1. The third-order valence-electron chi connectivity index (χ3n) is 5.84. The maximum atomic E-state index is 12.6. The number of amides is 1. The van der Waals surface area contributed by atoms with E-state index in [4.69, 9.17) is 4.98 Å². The van der Waals surface area contributed by atoms with Crippen molar-refractivity contribution >= 4 is 5.91 Å². The Hall–Kier alpha value is -2.27. The molecule has 2 aromatic rings. The summed E-state index contributed by atoms with van der Waals surface area (Å²) >= 11 is 0. The van der Waals surface area contributed by atoms with Crippen molar-refractivity contribution in [3.8, 4) is 0 Å². The fourth-order valence-electron chi connectivity index (χ4n) is 4.16. The van der Waals surface area contributed by atoms with Gasteiger partial charge in [-0.2, -0.15) is 0 Å². The van der Waals surface area contributed by atoms with Crippen LogP contribution < -0.4 is 0 Å². The highest BCUT2D eigenvalue weighted by molar-refractivity contribution is 5.76. The van der Waals surface area contributed by atoms with Gasteiger partial charge in [-0.3, -0.25) is 9.69 Å². The first-order valence-corrected chi connectivity index (χ1v) is 10.1. The predicted octanol–water partition coefficient (Wildman–Crippen LogP) is 3.15. The molecule has 142 valence electrons. The Morgan fingerprint density at radius 2 is 2.04 bits per heavy atom. The predicted molar refractivity (Wildman–Crippen MR) is 105 cm³/mol. The number of hydrogen-bond donors (Lipinski definition) is 0. The fourth-order valence-corrected chi connectivity index (χ4v) is 4.16. The van der Waals surface area contributed by atoms with Crippen LogP contribution in [0, 0.1) is 0 Å². The van der Waals surface area contributed by atoms with E-state index in [1.54, 1.807) is 0 Å². The van der Waals surface area contributed by atoms with Gasteiger partial charge < -0.3 is 4.90 Å². The summed E-state index contributed by atoms with van der Waals surface area (Å²) < 4.78 is 0. The van der Waals surface area contributed by atoms with Crippen molar-refractivity contribution in [3.63, 3.8) is 0 Å².